The Kier molecular flexibility index (Phi) is 5.43. The molecule has 0 unspecified atom stereocenters. The molecule has 0 radical (unpaired) electrons. The number of aromatic nitrogens is 2. The Bertz CT molecular complexity index is 1130. The maximum atomic E-state index is 12.3. The molecule has 1 N–H and O–H groups in total. The highest BCUT2D eigenvalue weighted by Gasteiger charge is 2.15. The van der Waals surface area contributed by atoms with E-state index in [1.807, 2.05) is 49.4 Å². The zero-order valence-corrected chi connectivity index (χ0v) is 16.7. The van der Waals surface area contributed by atoms with Crippen LogP contribution in [-0.2, 0) is 11.2 Å². The van der Waals surface area contributed by atoms with Crippen LogP contribution >= 0.6 is 0 Å². The molecule has 0 aliphatic rings. The number of nitrogens with one attached hydrogen (secondary N) is 1. The van der Waals surface area contributed by atoms with Crippen LogP contribution in [0.5, 0.6) is 5.75 Å². The first kappa shape index (κ1) is 18.9. The summed E-state index contributed by atoms with van der Waals surface area (Å²) in [6, 6.07) is 19.8. The molecule has 0 saturated carbocycles. The van der Waals surface area contributed by atoms with Gasteiger partial charge >= 0.3 is 5.97 Å². The van der Waals surface area contributed by atoms with Gasteiger partial charge in [-0.3, -0.25) is 9.78 Å². The molecule has 2 aromatic carbocycles. The SMILES string of the molecule is Cc1ccc(OC(=O)CCCc2c(-c3ccccn3)[nH]c3ccc(C)cc23)cc1. The van der Waals surface area contributed by atoms with E-state index in [0.29, 0.717) is 18.6 Å². The third-order valence-electron chi connectivity index (χ3n) is 5.04. The molecule has 29 heavy (non-hydrogen) atoms. The van der Waals surface area contributed by atoms with Crippen LogP contribution in [0.2, 0.25) is 0 Å². The number of fused-ring (bicyclic) bond motifs is 1. The number of ether oxygens (including phenoxy) is 1. The van der Waals surface area contributed by atoms with Crippen molar-refractivity contribution in [3.05, 3.63) is 83.6 Å². The van der Waals surface area contributed by atoms with Crippen molar-refractivity contribution < 1.29 is 9.53 Å². The summed E-state index contributed by atoms with van der Waals surface area (Å²) in [6.45, 7) is 4.10. The number of carbonyl (C=O) groups excluding carboxylic acids is 1. The van der Waals surface area contributed by atoms with Crippen LogP contribution in [0.25, 0.3) is 22.3 Å². The van der Waals surface area contributed by atoms with E-state index in [1.165, 1.54) is 16.5 Å². The molecule has 2 aromatic heterocycles. The van der Waals surface area contributed by atoms with Gasteiger partial charge in [0.2, 0.25) is 0 Å². The van der Waals surface area contributed by atoms with Crippen LogP contribution in [0.1, 0.15) is 29.5 Å². The van der Waals surface area contributed by atoms with E-state index in [1.54, 1.807) is 6.20 Å². The lowest BCUT2D eigenvalue weighted by atomic mass is 10.0. The molecular weight excluding hydrogens is 360 g/mol. The number of hydrogen-bond donors (Lipinski definition) is 1. The Hall–Kier alpha value is -3.40. The van der Waals surface area contributed by atoms with Crippen molar-refractivity contribution in [1.82, 2.24) is 9.97 Å². The first-order valence-corrected chi connectivity index (χ1v) is 9.90. The van der Waals surface area contributed by atoms with Crippen molar-refractivity contribution in [1.29, 1.82) is 0 Å². The number of aromatic amines is 1. The van der Waals surface area contributed by atoms with E-state index in [2.05, 4.69) is 35.1 Å². The van der Waals surface area contributed by atoms with E-state index in [-0.39, 0.29) is 5.97 Å². The van der Waals surface area contributed by atoms with E-state index in [0.717, 1.165) is 28.9 Å². The van der Waals surface area contributed by atoms with Gasteiger partial charge in [0.25, 0.3) is 0 Å². The third kappa shape index (κ3) is 4.37. The summed E-state index contributed by atoms with van der Waals surface area (Å²) in [5.41, 5.74) is 6.58. The first-order chi connectivity index (χ1) is 14.1. The highest BCUT2D eigenvalue weighted by molar-refractivity contribution is 5.90. The summed E-state index contributed by atoms with van der Waals surface area (Å²) in [7, 11) is 0. The smallest absolute Gasteiger partial charge is 0.311 e. The highest BCUT2D eigenvalue weighted by atomic mass is 16.5. The average molecular weight is 384 g/mol. The minimum absolute atomic E-state index is 0.204. The molecule has 0 atom stereocenters. The van der Waals surface area contributed by atoms with Crippen molar-refractivity contribution in [2.24, 2.45) is 0 Å². The van der Waals surface area contributed by atoms with Crippen molar-refractivity contribution in [3.8, 4) is 17.1 Å². The summed E-state index contributed by atoms with van der Waals surface area (Å²) in [5.74, 6) is 0.391. The summed E-state index contributed by atoms with van der Waals surface area (Å²) < 4.78 is 5.45. The predicted molar refractivity (Wildman–Crippen MR) is 116 cm³/mol. The standard InChI is InChI=1S/C25H24N2O2/c1-17-9-12-19(13-10-17)29-24(28)8-5-6-20-21-16-18(2)11-14-22(21)27-25(20)23-7-3-4-15-26-23/h3-4,7,9-16,27H,5-6,8H2,1-2H3. The molecule has 4 rings (SSSR count). The summed E-state index contributed by atoms with van der Waals surface area (Å²) >= 11 is 0. The van der Waals surface area contributed by atoms with Gasteiger partial charge in [-0.15, -0.1) is 0 Å². The largest absolute Gasteiger partial charge is 0.427 e. The highest BCUT2D eigenvalue weighted by Crippen LogP contribution is 2.31. The van der Waals surface area contributed by atoms with E-state index in [4.69, 9.17) is 4.74 Å². The zero-order valence-electron chi connectivity index (χ0n) is 16.7. The predicted octanol–water partition coefficient (Wildman–Crippen LogP) is 5.78. The normalized spacial score (nSPS) is 11.0. The molecule has 0 bridgehead atoms. The molecule has 2 heterocycles. The lowest BCUT2D eigenvalue weighted by Crippen LogP contribution is -2.08. The van der Waals surface area contributed by atoms with Crippen molar-refractivity contribution in [2.45, 2.75) is 33.1 Å². The lowest BCUT2D eigenvalue weighted by Gasteiger charge is -2.06. The van der Waals surface area contributed by atoms with Gasteiger partial charge < -0.3 is 9.72 Å². The minimum atomic E-state index is -0.204. The molecule has 0 saturated heterocycles. The molecule has 0 spiro atoms. The second-order valence-electron chi connectivity index (χ2n) is 7.38. The first-order valence-electron chi connectivity index (χ1n) is 9.90. The van der Waals surface area contributed by atoms with Crippen LogP contribution in [0.3, 0.4) is 0 Å². The van der Waals surface area contributed by atoms with Gasteiger partial charge in [-0.05, 0) is 68.7 Å². The Morgan fingerprint density at radius 2 is 1.79 bits per heavy atom. The quantitative estimate of drug-likeness (QED) is 0.339. The molecule has 146 valence electrons. The number of aryl methyl sites for hydroxylation is 3. The maximum Gasteiger partial charge on any atom is 0.311 e. The van der Waals surface area contributed by atoms with Crippen LogP contribution in [0.15, 0.2) is 66.9 Å². The number of esters is 1. The van der Waals surface area contributed by atoms with E-state index < -0.39 is 0 Å². The number of carbonyl (C=O) groups is 1. The van der Waals surface area contributed by atoms with Gasteiger partial charge in [-0.2, -0.15) is 0 Å². The van der Waals surface area contributed by atoms with Crippen molar-refractivity contribution >= 4 is 16.9 Å². The number of pyridine rings is 1. The zero-order chi connectivity index (χ0) is 20.2. The molecule has 4 heteroatoms. The summed E-state index contributed by atoms with van der Waals surface area (Å²) in [5, 5.41) is 1.19. The fraction of sp³-hybridized carbons (Fsp3) is 0.200. The Morgan fingerprint density at radius 3 is 2.55 bits per heavy atom. The lowest BCUT2D eigenvalue weighted by molar-refractivity contribution is -0.134. The molecule has 0 fully saturated rings. The molecule has 0 aliphatic carbocycles. The monoisotopic (exact) mass is 384 g/mol. The second-order valence-corrected chi connectivity index (χ2v) is 7.38. The Labute approximate surface area is 170 Å². The van der Waals surface area contributed by atoms with E-state index >= 15 is 0 Å². The van der Waals surface area contributed by atoms with Crippen LogP contribution in [-0.4, -0.2) is 15.9 Å². The fourth-order valence-electron chi connectivity index (χ4n) is 3.55. The Morgan fingerprint density at radius 1 is 1.00 bits per heavy atom. The molecule has 4 aromatic rings. The number of rotatable bonds is 6. The molecule has 0 aliphatic heterocycles. The molecular formula is C25H24N2O2. The van der Waals surface area contributed by atoms with Gasteiger partial charge in [0.15, 0.2) is 0 Å². The fourth-order valence-corrected chi connectivity index (χ4v) is 3.55. The average Bonchev–Trinajstić information content (AvgIpc) is 3.08. The maximum absolute atomic E-state index is 12.3. The topological polar surface area (TPSA) is 55.0 Å². The number of nitrogens with zero attached hydrogens (tertiary/aromatic N) is 1. The minimum Gasteiger partial charge on any atom is -0.427 e. The van der Waals surface area contributed by atoms with Crippen molar-refractivity contribution in [2.75, 3.05) is 0 Å². The van der Waals surface area contributed by atoms with Crippen LogP contribution in [0, 0.1) is 13.8 Å². The summed E-state index contributed by atoms with van der Waals surface area (Å²) in [6.07, 6.45) is 3.66. The van der Waals surface area contributed by atoms with Crippen LogP contribution < -0.4 is 4.74 Å². The number of hydrogen-bond acceptors (Lipinski definition) is 3. The van der Waals surface area contributed by atoms with Crippen LogP contribution in [0.4, 0.5) is 0 Å². The van der Waals surface area contributed by atoms with Gasteiger partial charge in [0.05, 0.1) is 11.4 Å². The molecule has 4 nitrogen and oxygen atoms in total. The van der Waals surface area contributed by atoms with E-state index in [9.17, 15) is 4.79 Å². The van der Waals surface area contributed by atoms with Crippen molar-refractivity contribution in [3.63, 3.8) is 0 Å². The Balaban J connectivity index is 1.51. The number of benzene rings is 2. The third-order valence-corrected chi connectivity index (χ3v) is 5.04. The van der Waals surface area contributed by atoms with Gasteiger partial charge in [-0.1, -0.05) is 35.4 Å². The second kappa shape index (κ2) is 8.31. The molecule has 0 amide bonds. The van der Waals surface area contributed by atoms with Gasteiger partial charge in [0, 0.05) is 23.5 Å². The number of H-pyrrole nitrogens is 1. The van der Waals surface area contributed by atoms with Gasteiger partial charge in [-0.25, -0.2) is 0 Å². The summed E-state index contributed by atoms with van der Waals surface area (Å²) in [4.78, 5) is 20.3. The van der Waals surface area contributed by atoms with Gasteiger partial charge in [0.1, 0.15) is 5.75 Å².